The highest BCUT2D eigenvalue weighted by Crippen LogP contribution is 2.41. The summed E-state index contributed by atoms with van der Waals surface area (Å²) >= 11 is 3.40. The second-order valence-corrected chi connectivity index (χ2v) is 10.8. The lowest BCUT2D eigenvalue weighted by Crippen LogP contribution is -2.29. The molecule has 1 amide bonds. The second kappa shape index (κ2) is 10.3. The van der Waals surface area contributed by atoms with Gasteiger partial charge in [-0.05, 0) is 53.3 Å². The standard InChI is InChI=1S/C30H30BrNO4/c1-5-36-24-16-6-19(7-17-24)18-32-26(20-8-12-22(13-9-20)30(2,3)4)25(28(34)29(32)35)27(33)21-10-14-23(31)15-11-21/h6-17,26,33H,5,18H2,1-4H3/b27-25-. The number of hydrogen-bond donors (Lipinski definition) is 1. The van der Waals surface area contributed by atoms with Crippen LogP contribution in [-0.2, 0) is 21.5 Å². The summed E-state index contributed by atoms with van der Waals surface area (Å²) in [6, 6.07) is 21.7. The number of rotatable bonds is 6. The van der Waals surface area contributed by atoms with Crippen LogP contribution in [0.3, 0.4) is 0 Å². The molecule has 0 aromatic heterocycles. The fraction of sp³-hybridized carbons (Fsp3) is 0.267. The molecule has 1 aliphatic heterocycles. The third-order valence-electron chi connectivity index (χ3n) is 6.34. The van der Waals surface area contributed by atoms with Crippen LogP contribution >= 0.6 is 15.9 Å². The average molecular weight is 548 g/mol. The molecule has 5 nitrogen and oxygen atoms in total. The number of hydrogen-bond acceptors (Lipinski definition) is 4. The van der Waals surface area contributed by atoms with Gasteiger partial charge in [0.2, 0.25) is 0 Å². The molecular formula is C30H30BrNO4. The van der Waals surface area contributed by atoms with E-state index in [0.717, 1.165) is 26.9 Å². The highest BCUT2D eigenvalue weighted by molar-refractivity contribution is 9.10. The Morgan fingerprint density at radius 3 is 2.11 bits per heavy atom. The van der Waals surface area contributed by atoms with E-state index < -0.39 is 17.7 Å². The summed E-state index contributed by atoms with van der Waals surface area (Å²) in [5.74, 6) is -0.758. The third-order valence-corrected chi connectivity index (χ3v) is 6.87. The van der Waals surface area contributed by atoms with Gasteiger partial charge in [0.1, 0.15) is 11.5 Å². The van der Waals surface area contributed by atoms with Gasteiger partial charge < -0.3 is 14.7 Å². The summed E-state index contributed by atoms with van der Waals surface area (Å²) in [6.07, 6.45) is 0. The molecule has 3 aromatic carbocycles. The minimum absolute atomic E-state index is 0.0416. The van der Waals surface area contributed by atoms with Crippen molar-refractivity contribution in [3.63, 3.8) is 0 Å². The molecule has 186 valence electrons. The predicted octanol–water partition coefficient (Wildman–Crippen LogP) is 6.77. The first-order valence-electron chi connectivity index (χ1n) is 12.0. The number of halogens is 1. The number of amides is 1. The quantitative estimate of drug-likeness (QED) is 0.210. The molecule has 0 saturated carbocycles. The number of likely N-dealkylation sites (tertiary alicyclic amines) is 1. The van der Waals surface area contributed by atoms with E-state index in [4.69, 9.17) is 4.74 Å². The van der Waals surface area contributed by atoms with Crippen molar-refractivity contribution in [2.75, 3.05) is 6.61 Å². The lowest BCUT2D eigenvalue weighted by atomic mass is 9.85. The highest BCUT2D eigenvalue weighted by Gasteiger charge is 2.46. The van der Waals surface area contributed by atoms with Crippen molar-refractivity contribution in [2.24, 2.45) is 0 Å². The summed E-state index contributed by atoms with van der Waals surface area (Å²) in [7, 11) is 0. The van der Waals surface area contributed by atoms with Crippen molar-refractivity contribution >= 4 is 33.4 Å². The van der Waals surface area contributed by atoms with E-state index in [9.17, 15) is 14.7 Å². The largest absolute Gasteiger partial charge is 0.507 e. The Labute approximate surface area is 220 Å². The van der Waals surface area contributed by atoms with Crippen molar-refractivity contribution in [3.05, 3.63) is 105 Å². The summed E-state index contributed by atoms with van der Waals surface area (Å²) < 4.78 is 6.38. The van der Waals surface area contributed by atoms with Gasteiger partial charge >= 0.3 is 0 Å². The maximum absolute atomic E-state index is 13.3. The van der Waals surface area contributed by atoms with E-state index in [1.54, 1.807) is 24.3 Å². The smallest absolute Gasteiger partial charge is 0.295 e. The Kier molecular flexibility index (Phi) is 7.36. The predicted molar refractivity (Wildman–Crippen MR) is 145 cm³/mol. The van der Waals surface area contributed by atoms with Crippen LogP contribution in [-0.4, -0.2) is 28.3 Å². The van der Waals surface area contributed by atoms with Gasteiger partial charge in [-0.2, -0.15) is 0 Å². The Balaban J connectivity index is 1.80. The molecule has 1 unspecified atom stereocenters. The average Bonchev–Trinajstić information content (AvgIpc) is 3.10. The molecule has 3 aromatic rings. The minimum atomic E-state index is -0.714. The number of ether oxygens (including phenoxy) is 1. The van der Waals surface area contributed by atoms with E-state index in [0.29, 0.717) is 12.2 Å². The molecule has 0 bridgehead atoms. The number of carbonyl (C=O) groups is 2. The van der Waals surface area contributed by atoms with Gasteiger partial charge in [-0.25, -0.2) is 0 Å². The molecule has 1 saturated heterocycles. The van der Waals surface area contributed by atoms with Crippen molar-refractivity contribution < 1.29 is 19.4 Å². The molecule has 4 rings (SSSR count). The fourth-order valence-corrected chi connectivity index (χ4v) is 4.64. The SMILES string of the molecule is CCOc1ccc(CN2C(=O)C(=O)/C(=C(\O)c3ccc(Br)cc3)C2c2ccc(C(C)(C)C)cc2)cc1. The van der Waals surface area contributed by atoms with Crippen molar-refractivity contribution in [1.29, 1.82) is 0 Å². The van der Waals surface area contributed by atoms with Gasteiger partial charge in [0.15, 0.2) is 0 Å². The molecule has 1 atom stereocenters. The third kappa shape index (κ3) is 5.24. The van der Waals surface area contributed by atoms with E-state index in [2.05, 4.69) is 36.7 Å². The van der Waals surface area contributed by atoms with Gasteiger partial charge in [0.05, 0.1) is 18.2 Å². The molecule has 6 heteroatoms. The number of benzene rings is 3. The number of ketones is 1. The van der Waals surface area contributed by atoms with Crippen LogP contribution in [0, 0.1) is 0 Å². The molecule has 0 aliphatic carbocycles. The topological polar surface area (TPSA) is 66.8 Å². The lowest BCUT2D eigenvalue weighted by molar-refractivity contribution is -0.140. The van der Waals surface area contributed by atoms with Crippen LogP contribution in [0.15, 0.2) is 82.8 Å². The van der Waals surface area contributed by atoms with E-state index >= 15 is 0 Å². The van der Waals surface area contributed by atoms with E-state index in [-0.39, 0.29) is 23.3 Å². The molecule has 36 heavy (non-hydrogen) atoms. The summed E-state index contributed by atoms with van der Waals surface area (Å²) in [6.45, 7) is 9.10. The normalized spacial score (nSPS) is 17.5. The fourth-order valence-electron chi connectivity index (χ4n) is 4.37. The Morgan fingerprint density at radius 2 is 1.56 bits per heavy atom. The van der Waals surface area contributed by atoms with E-state index in [1.807, 2.05) is 55.5 Å². The maximum Gasteiger partial charge on any atom is 0.295 e. The first-order valence-corrected chi connectivity index (χ1v) is 12.8. The van der Waals surface area contributed by atoms with Gasteiger partial charge in [0, 0.05) is 16.6 Å². The van der Waals surface area contributed by atoms with E-state index in [1.165, 1.54) is 4.90 Å². The number of aliphatic hydroxyl groups excluding tert-OH is 1. The van der Waals surface area contributed by atoms with Gasteiger partial charge in [0.25, 0.3) is 11.7 Å². The summed E-state index contributed by atoms with van der Waals surface area (Å²) in [5.41, 5.74) is 3.31. The summed E-state index contributed by atoms with van der Waals surface area (Å²) in [5, 5.41) is 11.2. The Bertz CT molecular complexity index is 1290. The van der Waals surface area contributed by atoms with Crippen LogP contribution in [0.5, 0.6) is 5.75 Å². The molecule has 1 N–H and O–H groups in total. The monoisotopic (exact) mass is 547 g/mol. The lowest BCUT2D eigenvalue weighted by Gasteiger charge is -2.26. The van der Waals surface area contributed by atoms with Crippen LogP contribution < -0.4 is 4.74 Å². The number of aliphatic hydroxyl groups is 1. The summed E-state index contributed by atoms with van der Waals surface area (Å²) in [4.78, 5) is 28.1. The van der Waals surface area contributed by atoms with Gasteiger partial charge in [-0.1, -0.05) is 85.2 Å². The van der Waals surface area contributed by atoms with Crippen molar-refractivity contribution in [3.8, 4) is 5.75 Å². The second-order valence-electron chi connectivity index (χ2n) is 9.88. The zero-order chi connectivity index (χ0) is 26.0. The van der Waals surface area contributed by atoms with Crippen LogP contribution in [0.1, 0.15) is 56.0 Å². The van der Waals surface area contributed by atoms with Crippen LogP contribution in [0.2, 0.25) is 0 Å². The number of nitrogens with zero attached hydrogens (tertiary/aromatic N) is 1. The van der Waals surface area contributed by atoms with Gasteiger partial charge in [-0.3, -0.25) is 9.59 Å². The first kappa shape index (κ1) is 25.7. The molecule has 1 fully saturated rings. The van der Waals surface area contributed by atoms with Crippen molar-refractivity contribution in [1.82, 2.24) is 4.90 Å². The zero-order valence-corrected chi connectivity index (χ0v) is 22.5. The van der Waals surface area contributed by atoms with Crippen LogP contribution in [0.4, 0.5) is 0 Å². The van der Waals surface area contributed by atoms with Crippen molar-refractivity contribution in [2.45, 2.75) is 45.7 Å². The minimum Gasteiger partial charge on any atom is -0.507 e. The maximum atomic E-state index is 13.3. The zero-order valence-electron chi connectivity index (χ0n) is 20.9. The first-order chi connectivity index (χ1) is 17.1. The van der Waals surface area contributed by atoms with Gasteiger partial charge in [-0.15, -0.1) is 0 Å². The number of Topliss-reactive ketones (excluding diaryl/α,β-unsaturated/α-hetero) is 1. The number of carbonyl (C=O) groups excluding carboxylic acids is 2. The molecular weight excluding hydrogens is 518 g/mol. The molecule has 0 spiro atoms. The molecule has 0 radical (unpaired) electrons. The molecule has 1 aliphatic rings. The Morgan fingerprint density at radius 1 is 0.944 bits per heavy atom. The Hall–Kier alpha value is -3.38. The van der Waals surface area contributed by atoms with Crippen LogP contribution in [0.25, 0.3) is 5.76 Å². The molecule has 1 heterocycles. The highest BCUT2D eigenvalue weighted by atomic mass is 79.9.